The number of para-hydroxylation sites is 1. The molecule has 4 rings (SSSR count). The molecule has 10 heteroatoms. The Morgan fingerprint density at radius 1 is 1.29 bits per heavy atom. The van der Waals surface area contributed by atoms with Crippen LogP contribution in [-0.4, -0.2) is 35.9 Å². The van der Waals surface area contributed by atoms with Crippen molar-refractivity contribution < 1.29 is 4.79 Å². The number of benzene rings is 1. The van der Waals surface area contributed by atoms with Gasteiger partial charge in [-0.25, -0.2) is 9.36 Å². The minimum atomic E-state index is -0.299. The molecule has 1 amide bonds. The summed E-state index contributed by atoms with van der Waals surface area (Å²) < 4.78 is 4.70. The summed E-state index contributed by atoms with van der Waals surface area (Å²) in [5, 5.41) is 11.4. The Morgan fingerprint density at radius 3 is 2.68 bits per heavy atom. The third-order valence-electron chi connectivity index (χ3n) is 4.78. The van der Waals surface area contributed by atoms with E-state index in [9.17, 15) is 9.59 Å². The fraction of sp³-hybridized carbons (Fsp3) is 0.333. The minimum Gasteiger partial charge on any atom is -0.336 e. The number of anilines is 1. The van der Waals surface area contributed by atoms with Gasteiger partial charge in [-0.15, -0.1) is 10.2 Å². The lowest BCUT2D eigenvalue weighted by atomic mass is 10.3. The van der Waals surface area contributed by atoms with Crippen LogP contribution in [0.2, 0.25) is 0 Å². The van der Waals surface area contributed by atoms with Gasteiger partial charge in [0.1, 0.15) is 5.69 Å². The Kier molecular flexibility index (Phi) is 4.71. The lowest BCUT2D eigenvalue weighted by Gasteiger charge is -2.07. The maximum absolute atomic E-state index is 12.8. The zero-order chi connectivity index (χ0) is 19.8. The number of nitrogen functional groups attached to an aromatic ring is 1. The van der Waals surface area contributed by atoms with Gasteiger partial charge in [-0.2, -0.15) is 0 Å². The third-order valence-corrected chi connectivity index (χ3v) is 5.73. The molecule has 28 heavy (non-hydrogen) atoms. The zero-order valence-electron chi connectivity index (χ0n) is 15.6. The normalized spacial score (nSPS) is 13.6. The molecule has 0 unspecified atom stereocenters. The van der Waals surface area contributed by atoms with Crippen molar-refractivity contribution in [1.29, 1.82) is 0 Å². The van der Waals surface area contributed by atoms with Crippen molar-refractivity contribution in [3.05, 3.63) is 52.2 Å². The summed E-state index contributed by atoms with van der Waals surface area (Å²) in [5.41, 5.74) is 1.40. The molecule has 0 bridgehead atoms. The number of nitrogens with one attached hydrogen (secondary N) is 1. The van der Waals surface area contributed by atoms with Crippen LogP contribution in [0.15, 0.2) is 40.3 Å². The van der Waals surface area contributed by atoms with Gasteiger partial charge in [0.2, 0.25) is 11.1 Å². The standard InChI is InChI=1S/C18H21N7O2S/c1-11-15(17(27)25(23(11)2)13-6-4-3-5-7-13)20-14(26)10-28-18-22-21-16(24(18)19)12-8-9-12/h3-7,12H,8-10,19H2,1-2H3,(H,20,26). The van der Waals surface area contributed by atoms with Gasteiger partial charge in [0.15, 0.2) is 5.82 Å². The van der Waals surface area contributed by atoms with Crippen molar-refractivity contribution in [2.24, 2.45) is 7.05 Å². The number of nitrogens with zero attached hydrogens (tertiary/aromatic N) is 5. The van der Waals surface area contributed by atoms with Crippen LogP contribution in [0.25, 0.3) is 5.69 Å². The first-order chi connectivity index (χ1) is 13.5. The van der Waals surface area contributed by atoms with Crippen LogP contribution in [0.5, 0.6) is 0 Å². The van der Waals surface area contributed by atoms with E-state index < -0.39 is 0 Å². The van der Waals surface area contributed by atoms with Crippen LogP contribution in [-0.2, 0) is 11.8 Å². The molecule has 0 atom stereocenters. The number of amides is 1. The first kappa shape index (κ1) is 18.4. The molecule has 0 radical (unpaired) electrons. The maximum Gasteiger partial charge on any atom is 0.295 e. The van der Waals surface area contributed by atoms with Crippen molar-refractivity contribution in [3.8, 4) is 5.69 Å². The molecule has 1 aliphatic rings. The summed E-state index contributed by atoms with van der Waals surface area (Å²) >= 11 is 1.20. The average molecular weight is 399 g/mol. The molecule has 1 fully saturated rings. The molecule has 0 spiro atoms. The van der Waals surface area contributed by atoms with E-state index in [0.29, 0.717) is 16.8 Å². The number of carbonyl (C=O) groups excluding carboxylic acids is 1. The molecule has 1 aliphatic carbocycles. The molecule has 2 aromatic heterocycles. The Balaban J connectivity index is 1.48. The number of carbonyl (C=O) groups is 1. The van der Waals surface area contributed by atoms with E-state index in [1.165, 1.54) is 21.1 Å². The highest BCUT2D eigenvalue weighted by molar-refractivity contribution is 7.99. The Hall–Kier alpha value is -3.01. The SMILES string of the molecule is Cc1c(NC(=O)CSc2nnc(C3CC3)n2N)c(=O)n(-c2ccccc2)n1C. The molecule has 146 valence electrons. The summed E-state index contributed by atoms with van der Waals surface area (Å²) in [6.45, 7) is 1.79. The quantitative estimate of drug-likeness (QED) is 0.479. The maximum atomic E-state index is 12.8. The number of nitrogens with two attached hydrogens (primary N) is 1. The number of thioether (sulfide) groups is 1. The van der Waals surface area contributed by atoms with E-state index in [0.717, 1.165) is 24.4 Å². The van der Waals surface area contributed by atoms with Gasteiger partial charge in [0, 0.05) is 13.0 Å². The molecular formula is C18H21N7O2S. The molecule has 3 N–H and O–H groups in total. The lowest BCUT2D eigenvalue weighted by molar-refractivity contribution is -0.113. The Morgan fingerprint density at radius 2 is 2.00 bits per heavy atom. The summed E-state index contributed by atoms with van der Waals surface area (Å²) in [7, 11) is 1.78. The van der Waals surface area contributed by atoms with Crippen molar-refractivity contribution in [2.75, 3.05) is 16.9 Å². The number of rotatable bonds is 6. The highest BCUT2D eigenvalue weighted by Crippen LogP contribution is 2.39. The highest BCUT2D eigenvalue weighted by Gasteiger charge is 2.30. The Labute approximate surface area is 165 Å². The third kappa shape index (κ3) is 3.31. The molecule has 1 aromatic carbocycles. The average Bonchev–Trinajstić information content (AvgIpc) is 3.43. The van der Waals surface area contributed by atoms with E-state index in [1.54, 1.807) is 18.7 Å². The van der Waals surface area contributed by atoms with Crippen LogP contribution in [0.3, 0.4) is 0 Å². The van der Waals surface area contributed by atoms with Gasteiger partial charge in [-0.05, 0) is 31.9 Å². The zero-order valence-corrected chi connectivity index (χ0v) is 16.4. The van der Waals surface area contributed by atoms with Crippen molar-refractivity contribution in [3.63, 3.8) is 0 Å². The molecule has 0 aliphatic heterocycles. The van der Waals surface area contributed by atoms with Crippen molar-refractivity contribution in [2.45, 2.75) is 30.8 Å². The van der Waals surface area contributed by atoms with E-state index in [2.05, 4.69) is 15.5 Å². The molecular weight excluding hydrogens is 378 g/mol. The second-order valence-electron chi connectivity index (χ2n) is 6.76. The molecule has 2 heterocycles. The topological polar surface area (TPSA) is 113 Å². The smallest absolute Gasteiger partial charge is 0.295 e. The number of hydrogen-bond donors (Lipinski definition) is 2. The lowest BCUT2D eigenvalue weighted by Crippen LogP contribution is -2.23. The van der Waals surface area contributed by atoms with Crippen LogP contribution >= 0.6 is 11.8 Å². The van der Waals surface area contributed by atoms with Crippen molar-refractivity contribution in [1.82, 2.24) is 24.2 Å². The number of hydrogen-bond acceptors (Lipinski definition) is 6. The summed E-state index contributed by atoms with van der Waals surface area (Å²) in [4.78, 5) is 25.3. The van der Waals surface area contributed by atoms with E-state index in [-0.39, 0.29) is 22.9 Å². The predicted molar refractivity (Wildman–Crippen MR) is 107 cm³/mol. The van der Waals surface area contributed by atoms with E-state index in [4.69, 9.17) is 5.84 Å². The van der Waals surface area contributed by atoms with E-state index in [1.807, 2.05) is 30.3 Å². The second kappa shape index (κ2) is 7.19. The van der Waals surface area contributed by atoms with Crippen LogP contribution in [0.1, 0.15) is 30.3 Å². The van der Waals surface area contributed by atoms with E-state index >= 15 is 0 Å². The van der Waals surface area contributed by atoms with Gasteiger partial charge < -0.3 is 11.2 Å². The van der Waals surface area contributed by atoms with Crippen LogP contribution in [0.4, 0.5) is 5.69 Å². The van der Waals surface area contributed by atoms with Gasteiger partial charge in [-0.1, -0.05) is 30.0 Å². The molecule has 0 saturated heterocycles. The first-order valence-electron chi connectivity index (χ1n) is 8.94. The predicted octanol–water partition coefficient (Wildman–Crippen LogP) is 1.40. The Bertz CT molecular complexity index is 1080. The molecule has 3 aromatic rings. The first-order valence-corrected chi connectivity index (χ1v) is 9.93. The van der Waals surface area contributed by atoms with Gasteiger partial charge in [0.05, 0.1) is 17.1 Å². The summed E-state index contributed by atoms with van der Waals surface area (Å²) in [6, 6.07) is 9.28. The largest absolute Gasteiger partial charge is 0.336 e. The molecule has 1 saturated carbocycles. The minimum absolute atomic E-state index is 0.0825. The number of aromatic nitrogens is 5. The summed E-state index contributed by atoms with van der Waals surface area (Å²) in [6.07, 6.45) is 2.14. The van der Waals surface area contributed by atoms with Gasteiger partial charge in [0.25, 0.3) is 5.56 Å². The summed E-state index contributed by atoms with van der Waals surface area (Å²) in [5.74, 6) is 6.92. The highest BCUT2D eigenvalue weighted by atomic mass is 32.2. The second-order valence-corrected chi connectivity index (χ2v) is 7.70. The molecule has 9 nitrogen and oxygen atoms in total. The van der Waals surface area contributed by atoms with Gasteiger partial charge in [-0.3, -0.25) is 14.3 Å². The monoisotopic (exact) mass is 399 g/mol. The van der Waals surface area contributed by atoms with Crippen LogP contribution < -0.4 is 16.7 Å². The van der Waals surface area contributed by atoms with Crippen LogP contribution in [0, 0.1) is 6.92 Å². The van der Waals surface area contributed by atoms with Crippen molar-refractivity contribution >= 4 is 23.4 Å². The van der Waals surface area contributed by atoms with Gasteiger partial charge >= 0.3 is 0 Å². The fourth-order valence-electron chi connectivity index (χ4n) is 3.02. The fourth-order valence-corrected chi connectivity index (χ4v) is 3.69.